The zero-order valence-electron chi connectivity index (χ0n) is 21.4. The summed E-state index contributed by atoms with van der Waals surface area (Å²) in [5, 5.41) is 5.65. The van der Waals surface area contributed by atoms with Crippen molar-refractivity contribution in [2.75, 3.05) is 18.8 Å². The SMILES string of the molecule is CC(=O)N1CCCC(n2nc(-c3ccc(Oc4cccc(OCc5cncs5)c4)cc3)c3c(N)ncnc32)C1. The van der Waals surface area contributed by atoms with Gasteiger partial charge in [0.25, 0.3) is 0 Å². The average molecular weight is 542 g/mol. The minimum Gasteiger partial charge on any atom is -0.488 e. The summed E-state index contributed by atoms with van der Waals surface area (Å²) in [5.41, 5.74) is 10.3. The fourth-order valence-corrected chi connectivity index (χ4v) is 5.31. The van der Waals surface area contributed by atoms with Crippen molar-refractivity contribution in [1.29, 1.82) is 0 Å². The maximum absolute atomic E-state index is 12.0. The van der Waals surface area contributed by atoms with E-state index in [0.717, 1.165) is 35.6 Å². The van der Waals surface area contributed by atoms with E-state index in [4.69, 9.17) is 20.3 Å². The van der Waals surface area contributed by atoms with Crippen molar-refractivity contribution in [3.8, 4) is 28.5 Å². The molecular weight excluding hydrogens is 514 g/mol. The van der Waals surface area contributed by atoms with Gasteiger partial charge in [0.05, 0.1) is 21.8 Å². The molecule has 0 aliphatic carbocycles. The Balaban J connectivity index is 1.24. The van der Waals surface area contributed by atoms with Gasteiger partial charge in [-0.1, -0.05) is 6.07 Å². The molecule has 4 heterocycles. The summed E-state index contributed by atoms with van der Waals surface area (Å²) in [5.74, 6) is 2.50. The molecular formula is C28H27N7O3S. The number of benzene rings is 2. The lowest BCUT2D eigenvalue weighted by Gasteiger charge is -2.32. The summed E-state index contributed by atoms with van der Waals surface area (Å²) in [6, 6.07) is 15.2. The molecule has 3 aromatic heterocycles. The van der Waals surface area contributed by atoms with E-state index in [-0.39, 0.29) is 11.9 Å². The monoisotopic (exact) mass is 541 g/mol. The Bertz CT molecular complexity index is 1600. The van der Waals surface area contributed by atoms with Gasteiger partial charge >= 0.3 is 0 Å². The number of carbonyl (C=O) groups excluding carboxylic acids is 1. The molecule has 10 nitrogen and oxygen atoms in total. The Morgan fingerprint density at radius 2 is 1.97 bits per heavy atom. The number of amides is 1. The topological polar surface area (TPSA) is 121 Å². The number of hydrogen-bond acceptors (Lipinski definition) is 9. The normalized spacial score (nSPS) is 15.4. The molecule has 198 valence electrons. The van der Waals surface area contributed by atoms with Crippen molar-refractivity contribution in [2.45, 2.75) is 32.4 Å². The predicted molar refractivity (Wildman–Crippen MR) is 149 cm³/mol. The minimum atomic E-state index is 0.0152. The van der Waals surface area contributed by atoms with Gasteiger partial charge in [-0.3, -0.25) is 9.78 Å². The van der Waals surface area contributed by atoms with Crippen molar-refractivity contribution in [3.05, 3.63) is 71.4 Å². The highest BCUT2D eigenvalue weighted by Gasteiger charge is 2.27. The first kappa shape index (κ1) is 24.8. The van der Waals surface area contributed by atoms with Crippen molar-refractivity contribution in [3.63, 3.8) is 0 Å². The standard InChI is InChI=1S/C28H27N7O3S/c1-18(36)34-11-3-4-20(14-34)35-28-25(27(29)31-16-32-28)26(33-35)19-7-9-21(10-8-19)38-23-6-2-5-22(12-23)37-15-24-13-30-17-39-24/h2,5-10,12-13,16-17,20H,3-4,11,14-15H2,1H3,(H2,29,31,32). The number of thiazole rings is 1. The molecule has 11 heteroatoms. The van der Waals surface area contributed by atoms with Crippen LogP contribution in [0.5, 0.6) is 17.2 Å². The first-order valence-electron chi connectivity index (χ1n) is 12.7. The van der Waals surface area contributed by atoms with E-state index in [0.29, 0.717) is 47.2 Å². The van der Waals surface area contributed by atoms with Crippen LogP contribution in [0.3, 0.4) is 0 Å². The second kappa shape index (κ2) is 10.7. The highest BCUT2D eigenvalue weighted by Crippen LogP contribution is 2.35. The number of hydrogen-bond donors (Lipinski definition) is 1. The second-order valence-corrected chi connectivity index (χ2v) is 10.3. The number of anilines is 1. The molecule has 5 aromatic rings. The Labute approximate surface area is 229 Å². The molecule has 1 saturated heterocycles. The van der Waals surface area contributed by atoms with Gasteiger partial charge in [0.1, 0.15) is 41.7 Å². The van der Waals surface area contributed by atoms with Crippen LogP contribution in [-0.4, -0.2) is 48.6 Å². The number of likely N-dealkylation sites (tertiary alicyclic amines) is 1. The van der Waals surface area contributed by atoms with Gasteiger partial charge in [-0.25, -0.2) is 14.6 Å². The van der Waals surface area contributed by atoms with Gasteiger partial charge in [-0.2, -0.15) is 5.10 Å². The molecule has 2 aromatic carbocycles. The molecule has 6 rings (SSSR count). The first-order valence-corrected chi connectivity index (χ1v) is 13.6. The van der Waals surface area contributed by atoms with Gasteiger partial charge in [-0.15, -0.1) is 11.3 Å². The van der Waals surface area contributed by atoms with E-state index >= 15 is 0 Å². The molecule has 1 unspecified atom stereocenters. The second-order valence-electron chi connectivity index (χ2n) is 9.37. The lowest BCUT2D eigenvalue weighted by molar-refractivity contribution is -0.130. The predicted octanol–water partition coefficient (Wildman–Crippen LogP) is 5.09. The van der Waals surface area contributed by atoms with Crippen LogP contribution in [0.2, 0.25) is 0 Å². The van der Waals surface area contributed by atoms with Gasteiger partial charge in [0.15, 0.2) is 5.65 Å². The maximum atomic E-state index is 12.0. The number of ether oxygens (including phenoxy) is 2. The third-order valence-electron chi connectivity index (χ3n) is 6.74. The number of rotatable bonds is 7. The number of nitrogens with zero attached hydrogens (tertiary/aromatic N) is 6. The van der Waals surface area contributed by atoms with Crippen LogP contribution in [-0.2, 0) is 11.4 Å². The molecule has 1 amide bonds. The molecule has 0 spiro atoms. The third kappa shape index (κ3) is 5.26. The molecule has 1 atom stereocenters. The zero-order valence-corrected chi connectivity index (χ0v) is 22.2. The Morgan fingerprint density at radius 1 is 1.13 bits per heavy atom. The van der Waals surface area contributed by atoms with Crippen molar-refractivity contribution in [2.24, 2.45) is 0 Å². The highest BCUT2D eigenvalue weighted by molar-refractivity contribution is 7.09. The summed E-state index contributed by atoms with van der Waals surface area (Å²) in [7, 11) is 0. The maximum Gasteiger partial charge on any atom is 0.219 e. The van der Waals surface area contributed by atoms with Crippen LogP contribution in [0.25, 0.3) is 22.3 Å². The fourth-order valence-electron chi connectivity index (χ4n) is 4.80. The van der Waals surface area contributed by atoms with Gasteiger partial charge in [0, 0.05) is 37.8 Å². The molecule has 39 heavy (non-hydrogen) atoms. The number of nitrogen functional groups attached to an aromatic ring is 1. The van der Waals surface area contributed by atoms with Gasteiger partial charge < -0.3 is 20.1 Å². The molecule has 0 saturated carbocycles. The smallest absolute Gasteiger partial charge is 0.219 e. The van der Waals surface area contributed by atoms with E-state index in [9.17, 15) is 4.79 Å². The van der Waals surface area contributed by atoms with Gasteiger partial charge in [0.2, 0.25) is 5.91 Å². The number of aromatic nitrogens is 5. The number of nitrogens with two attached hydrogens (primary N) is 1. The first-order chi connectivity index (χ1) is 19.0. The largest absolute Gasteiger partial charge is 0.488 e. The average Bonchev–Trinajstić information content (AvgIpc) is 3.62. The van der Waals surface area contributed by atoms with Crippen molar-refractivity contribution < 1.29 is 14.3 Å². The van der Waals surface area contributed by atoms with Crippen LogP contribution >= 0.6 is 11.3 Å². The van der Waals surface area contributed by atoms with Crippen LogP contribution in [0, 0.1) is 0 Å². The summed E-state index contributed by atoms with van der Waals surface area (Å²) in [6.45, 7) is 3.42. The Morgan fingerprint density at radius 3 is 2.77 bits per heavy atom. The summed E-state index contributed by atoms with van der Waals surface area (Å²) >= 11 is 1.56. The number of fused-ring (bicyclic) bond motifs is 1. The molecule has 1 aliphatic heterocycles. The van der Waals surface area contributed by atoms with Crippen LogP contribution in [0.4, 0.5) is 5.82 Å². The summed E-state index contributed by atoms with van der Waals surface area (Å²) < 4.78 is 13.9. The third-order valence-corrected chi connectivity index (χ3v) is 7.49. The van der Waals surface area contributed by atoms with E-state index in [2.05, 4.69) is 15.0 Å². The molecule has 1 aliphatic rings. The number of piperidine rings is 1. The van der Waals surface area contributed by atoms with E-state index < -0.39 is 0 Å². The van der Waals surface area contributed by atoms with E-state index in [1.807, 2.05) is 58.1 Å². The fraction of sp³-hybridized carbons (Fsp3) is 0.250. The quantitative estimate of drug-likeness (QED) is 0.303. The van der Waals surface area contributed by atoms with Crippen LogP contribution in [0.1, 0.15) is 30.7 Å². The highest BCUT2D eigenvalue weighted by atomic mass is 32.1. The van der Waals surface area contributed by atoms with E-state index in [1.165, 1.54) is 6.33 Å². The Kier molecular flexibility index (Phi) is 6.80. The van der Waals surface area contributed by atoms with E-state index in [1.54, 1.807) is 30.0 Å². The minimum absolute atomic E-state index is 0.0152. The molecule has 1 fully saturated rings. The summed E-state index contributed by atoms with van der Waals surface area (Å²) in [6.07, 6.45) is 5.07. The zero-order chi connectivity index (χ0) is 26.8. The van der Waals surface area contributed by atoms with Crippen molar-refractivity contribution >= 4 is 34.1 Å². The molecule has 0 radical (unpaired) electrons. The number of carbonyl (C=O) groups is 1. The summed E-state index contributed by atoms with van der Waals surface area (Å²) in [4.78, 5) is 27.7. The Hall–Kier alpha value is -4.51. The van der Waals surface area contributed by atoms with Crippen LogP contribution < -0.4 is 15.2 Å². The lowest BCUT2D eigenvalue weighted by atomic mass is 10.1. The molecule has 0 bridgehead atoms. The molecule has 2 N–H and O–H groups in total. The van der Waals surface area contributed by atoms with Crippen LogP contribution in [0.15, 0.2) is 66.6 Å². The van der Waals surface area contributed by atoms with Crippen molar-refractivity contribution in [1.82, 2.24) is 29.6 Å². The lowest BCUT2D eigenvalue weighted by Crippen LogP contribution is -2.39. The van der Waals surface area contributed by atoms with Gasteiger partial charge in [-0.05, 0) is 49.2 Å².